The van der Waals surface area contributed by atoms with Crippen LogP contribution in [0.3, 0.4) is 0 Å². The lowest BCUT2D eigenvalue weighted by atomic mass is 9.67. The topological polar surface area (TPSA) is 26.3 Å². The van der Waals surface area contributed by atoms with Gasteiger partial charge in [-0.25, -0.2) is 0 Å². The molecule has 2 heterocycles. The van der Waals surface area contributed by atoms with Crippen molar-refractivity contribution in [3.63, 3.8) is 0 Å². The third-order valence-electron chi connectivity index (χ3n) is 16.4. The van der Waals surface area contributed by atoms with E-state index in [4.69, 9.17) is 8.83 Å². The maximum absolute atomic E-state index is 6.36. The molecule has 0 unspecified atom stereocenters. The maximum atomic E-state index is 6.36. The van der Waals surface area contributed by atoms with E-state index in [1.165, 1.54) is 99.1 Å². The fourth-order valence-corrected chi connectivity index (χ4v) is 12.8. The van der Waals surface area contributed by atoms with E-state index in [1.54, 1.807) is 0 Å². The summed E-state index contributed by atoms with van der Waals surface area (Å²) < 4.78 is 12.6. The van der Waals surface area contributed by atoms with E-state index in [0.29, 0.717) is 0 Å². The molecule has 2 heteroatoms. The van der Waals surface area contributed by atoms with Crippen molar-refractivity contribution < 1.29 is 8.83 Å². The van der Waals surface area contributed by atoms with Crippen LogP contribution in [0.15, 0.2) is 276 Å². The molecule has 0 atom stereocenters. The van der Waals surface area contributed by atoms with Crippen LogP contribution in [0.4, 0.5) is 0 Å². The van der Waals surface area contributed by atoms with Crippen LogP contribution in [0.2, 0.25) is 0 Å². The van der Waals surface area contributed by atoms with Crippen molar-refractivity contribution in [1.29, 1.82) is 0 Å². The molecular formula is C73H44O2. The summed E-state index contributed by atoms with van der Waals surface area (Å²) in [7, 11) is 0. The summed E-state index contributed by atoms with van der Waals surface area (Å²) in [4.78, 5) is 0. The highest BCUT2D eigenvalue weighted by atomic mass is 16.3. The average Bonchev–Trinajstić information content (AvgIpc) is 4.24. The Kier molecular flexibility index (Phi) is 8.99. The predicted molar refractivity (Wildman–Crippen MR) is 313 cm³/mol. The molecule has 348 valence electrons. The molecule has 0 amide bonds. The number of hydrogen-bond acceptors (Lipinski definition) is 2. The van der Waals surface area contributed by atoms with Crippen molar-refractivity contribution in [2.45, 2.75) is 5.41 Å². The number of benzene rings is 13. The minimum atomic E-state index is -0.449. The Morgan fingerprint density at radius 2 is 0.573 bits per heavy atom. The monoisotopic (exact) mass is 952 g/mol. The van der Waals surface area contributed by atoms with Crippen LogP contribution in [0, 0.1) is 0 Å². The van der Waals surface area contributed by atoms with E-state index in [1.807, 2.05) is 18.2 Å². The lowest BCUT2D eigenvalue weighted by Crippen LogP contribution is -2.28. The summed E-state index contributed by atoms with van der Waals surface area (Å²) in [5, 5.41) is 11.9. The summed E-state index contributed by atoms with van der Waals surface area (Å²) >= 11 is 0. The lowest BCUT2D eigenvalue weighted by molar-refractivity contribution is 0.664. The fourth-order valence-electron chi connectivity index (χ4n) is 12.8. The molecule has 0 bridgehead atoms. The highest BCUT2D eigenvalue weighted by Gasteiger charge is 2.46. The molecule has 0 radical (unpaired) electrons. The molecule has 16 rings (SSSR count). The molecule has 0 spiro atoms. The van der Waals surface area contributed by atoms with Gasteiger partial charge in [0.15, 0.2) is 0 Å². The molecule has 2 nitrogen and oxygen atoms in total. The Morgan fingerprint density at radius 3 is 1.17 bits per heavy atom. The van der Waals surface area contributed by atoms with E-state index >= 15 is 0 Å². The van der Waals surface area contributed by atoms with E-state index in [-0.39, 0.29) is 0 Å². The second-order valence-corrected chi connectivity index (χ2v) is 20.3. The van der Waals surface area contributed by atoms with Crippen molar-refractivity contribution >= 4 is 76.2 Å². The highest BCUT2D eigenvalue weighted by molar-refractivity contribution is 6.26. The molecule has 0 fully saturated rings. The average molecular weight is 953 g/mol. The standard InChI is InChI=1S/C73H44O2/c1-3-13-53(14-4-1)73(54-15-5-2-6-16-54)67-21-11-9-19-59(67)60-37-33-52(42-68(60)73)51-32-36-58-57-35-31-49(39-62(57)55-17-7-8-18-56(55)63(58)40-51)47-27-23-45(24-28-47)46-25-29-48(30-26-46)50-34-38-70-64(41-50)66-44-71-65(43-72(66)75-70)61-20-10-12-22-69(61)74-71/h1-44H. The van der Waals surface area contributed by atoms with Crippen molar-refractivity contribution in [2.75, 3.05) is 0 Å². The Bertz CT molecular complexity index is 4730. The molecule has 2 aromatic heterocycles. The van der Waals surface area contributed by atoms with Crippen molar-refractivity contribution in [2.24, 2.45) is 0 Å². The normalized spacial score (nSPS) is 12.9. The molecule has 0 aliphatic heterocycles. The number of fused-ring (bicyclic) bond motifs is 15. The van der Waals surface area contributed by atoms with Crippen LogP contribution >= 0.6 is 0 Å². The largest absolute Gasteiger partial charge is 0.456 e. The Labute approximate surface area is 433 Å². The van der Waals surface area contributed by atoms with Gasteiger partial charge in [0.05, 0.1) is 5.41 Å². The van der Waals surface area contributed by atoms with Gasteiger partial charge in [0, 0.05) is 21.5 Å². The van der Waals surface area contributed by atoms with Gasteiger partial charge in [-0.15, -0.1) is 0 Å². The Balaban J connectivity index is 0.725. The molecular weight excluding hydrogens is 909 g/mol. The molecule has 1 aliphatic carbocycles. The van der Waals surface area contributed by atoms with Gasteiger partial charge in [0.25, 0.3) is 0 Å². The number of rotatable bonds is 6. The van der Waals surface area contributed by atoms with Crippen molar-refractivity contribution in [1.82, 2.24) is 0 Å². The highest BCUT2D eigenvalue weighted by Crippen LogP contribution is 2.57. The van der Waals surface area contributed by atoms with E-state index in [2.05, 4.69) is 249 Å². The smallest absolute Gasteiger partial charge is 0.136 e. The minimum absolute atomic E-state index is 0.449. The van der Waals surface area contributed by atoms with Gasteiger partial charge in [-0.05, 0) is 159 Å². The van der Waals surface area contributed by atoms with Crippen LogP contribution < -0.4 is 0 Å². The van der Waals surface area contributed by atoms with Crippen molar-refractivity contribution in [3.05, 3.63) is 289 Å². The van der Waals surface area contributed by atoms with Gasteiger partial charge in [-0.3, -0.25) is 0 Å². The zero-order valence-corrected chi connectivity index (χ0v) is 40.7. The summed E-state index contributed by atoms with van der Waals surface area (Å²) in [6.07, 6.45) is 0. The predicted octanol–water partition coefficient (Wildman–Crippen LogP) is 20.0. The number of hydrogen-bond donors (Lipinski definition) is 0. The van der Waals surface area contributed by atoms with E-state index in [9.17, 15) is 0 Å². The molecule has 0 saturated carbocycles. The van der Waals surface area contributed by atoms with Crippen LogP contribution in [0.5, 0.6) is 0 Å². The van der Waals surface area contributed by atoms with E-state index in [0.717, 1.165) is 55.0 Å². The quantitative estimate of drug-likeness (QED) is 0.155. The van der Waals surface area contributed by atoms with Crippen LogP contribution in [-0.2, 0) is 5.41 Å². The Morgan fingerprint density at radius 1 is 0.200 bits per heavy atom. The van der Waals surface area contributed by atoms with Gasteiger partial charge >= 0.3 is 0 Å². The second-order valence-electron chi connectivity index (χ2n) is 20.3. The fraction of sp³-hybridized carbons (Fsp3) is 0.0137. The van der Waals surface area contributed by atoms with Gasteiger partial charge in [0.2, 0.25) is 0 Å². The lowest BCUT2D eigenvalue weighted by Gasteiger charge is -2.34. The van der Waals surface area contributed by atoms with Crippen LogP contribution in [0.1, 0.15) is 22.3 Å². The SMILES string of the molecule is c1ccc(C2(c3ccccc3)c3ccccc3-c3ccc(-c4ccc5c6ccc(-c7ccc(-c8ccc(-c9ccc%10oc%11cc%12c(cc%11c%10c9)oc9ccccc9%12)cc8)cc7)cc6c6ccccc6c5c4)cc32)cc1. The second kappa shape index (κ2) is 16.1. The molecule has 15 aromatic rings. The minimum Gasteiger partial charge on any atom is -0.456 e. The zero-order valence-electron chi connectivity index (χ0n) is 40.7. The molecule has 0 N–H and O–H groups in total. The van der Waals surface area contributed by atoms with Crippen LogP contribution in [0.25, 0.3) is 132 Å². The molecule has 13 aromatic carbocycles. The first-order chi connectivity index (χ1) is 37.1. The third-order valence-corrected chi connectivity index (χ3v) is 16.4. The van der Waals surface area contributed by atoms with Gasteiger partial charge in [-0.2, -0.15) is 0 Å². The molecule has 1 aliphatic rings. The van der Waals surface area contributed by atoms with Crippen molar-refractivity contribution in [3.8, 4) is 55.6 Å². The Hall–Kier alpha value is -9.76. The number of furan rings is 2. The summed E-state index contributed by atoms with van der Waals surface area (Å²) in [5.41, 5.74) is 20.3. The first-order valence-electron chi connectivity index (χ1n) is 25.9. The van der Waals surface area contributed by atoms with Crippen LogP contribution in [-0.4, -0.2) is 0 Å². The van der Waals surface area contributed by atoms with Gasteiger partial charge < -0.3 is 8.83 Å². The number of para-hydroxylation sites is 1. The summed E-state index contributed by atoms with van der Waals surface area (Å²) in [6.45, 7) is 0. The van der Waals surface area contributed by atoms with E-state index < -0.39 is 5.41 Å². The third kappa shape index (κ3) is 6.27. The summed E-state index contributed by atoms with van der Waals surface area (Å²) in [5.74, 6) is 0. The summed E-state index contributed by atoms with van der Waals surface area (Å²) in [6, 6.07) is 98.1. The molecule has 75 heavy (non-hydrogen) atoms. The first kappa shape index (κ1) is 41.8. The first-order valence-corrected chi connectivity index (χ1v) is 25.9. The van der Waals surface area contributed by atoms with Gasteiger partial charge in [0.1, 0.15) is 22.3 Å². The van der Waals surface area contributed by atoms with Gasteiger partial charge in [-0.1, -0.05) is 218 Å². The molecule has 0 saturated heterocycles. The zero-order chi connectivity index (χ0) is 49.2. The maximum Gasteiger partial charge on any atom is 0.136 e.